The molecule has 0 N–H and O–H groups in total. The minimum atomic E-state index is -0.00107. The lowest BCUT2D eigenvalue weighted by Gasteiger charge is -2.31. The van der Waals surface area contributed by atoms with Crippen molar-refractivity contribution in [1.82, 2.24) is 39.9 Å². The Balaban J connectivity index is 1.40. The largest absolute Gasteiger partial charge is 0.339 e. The molecule has 4 rings (SSSR count). The quantitative estimate of drug-likeness (QED) is 0.581. The molecule has 0 atom stereocenters. The predicted octanol–water partition coefficient (Wildman–Crippen LogP) is 2.46. The second kappa shape index (κ2) is 8.74. The topological polar surface area (TPSA) is 94.6 Å². The number of benzene rings is 1. The minimum absolute atomic E-state index is 0.00107. The molecular weight excluding hydrogens is 404 g/mol. The number of hydrogen-bond acceptors (Lipinski definition) is 6. The van der Waals surface area contributed by atoms with Gasteiger partial charge in [-0.2, -0.15) is 9.90 Å². The van der Waals surface area contributed by atoms with E-state index in [9.17, 15) is 4.79 Å². The first-order valence-electron chi connectivity index (χ1n) is 9.85. The molecule has 0 bridgehead atoms. The molecular formula is C20H23ClN8O. The fourth-order valence-corrected chi connectivity index (χ4v) is 3.77. The first-order chi connectivity index (χ1) is 14.5. The van der Waals surface area contributed by atoms with Crippen LogP contribution in [0.2, 0.25) is 5.02 Å². The van der Waals surface area contributed by atoms with E-state index in [1.807, 2.05) is 34.7 Å². The average molecular weight is 427 g/mol. The molecule has 10 heteroatoms. The van der Waals surface area contributed by atoms with Gasteiger partial charge in [0.15, 0.2) is 5.82 Å². The molecule has 1 aromatic carbocycles. The zero-order chi connectivity index (χ0) is 21.1. The summed E-state index contributed by atoms with van der Waals surface area (Å²) in [7, 11) is 0. The summed E-state index contributed by atoms with van der Waals surface area (Å²) in [6.45, 7) is 5.49. The predicted molar refractivity (Wildman–Crippen MR) is 112 cm³/mol. The van der Waals surface area contributed by atoms with E-state index in [1.165, 1.54) is 4.80 Å². The van der Waals surface area contributed by atoms with Crippen molar-refractivity contribution < 1.29 is 4.79 Å². The van der Waals surface area contributed by atoms with Crippen molar-refractivity contribution in [3.8, 4) is 0 Å². The van der Waals surface area contributed by atoms with Gasteiger partial charge in [0.25, 0.3) is 0 Å². The second-order valence-corrected chi connectivity index (χ2v) is 7.81. The molecule has 0 saturated carbocycles. The van der Waals surface area contributed by atoms with Crippen molar-refractivity contribution in [2.24, 2.45) is 0 Å². The Hall–Kier alpha value is -3.07. The number of halogens is 1. The third-order valence-corrected chi connectivity index (χ3v) is 5.38. The highest BCUT2D eigenvalue weighted by Crippen LogP contribution is 2.22. The fraction of sp³-hybridized carbons (Fsp3) is 0.400. The van der Waals surface area contributed by atoms with E-state index in [2.05, 4.69) is 25.5 Å². The summed E-state index contributed by atoms with van der Waals surface area (Å²) >= 11 is 6.16. The van der Waals surface area contributed by atoms with E-state index in [-0.39, 0.29) is 5.91 Å². The van der Waals surface area contributed by atoms with Gasteiger partial charge in [-0.25, -0.2) is 9.67 Å². The van der Waals surface area contributed by atoms with E-state index < -0.39 is 0 Å². The van der Waals surface area contributed by atoms with E-state index in [4.69, 9.17) is 11.6 Å². The van der Waals surface area contributed by atoms with Crippen LogP contribution in [-0.4, -0.2) is 58.9 Å². The molecule has 2 aromatic heterocycles. The van der Waals surface area contributed by atoms with E-state index >= 15 is 0 Å². The first-order valence-corrected chi connectivity index (χ1v) is 10.2. The Labute approximate surface area is 179 Å². The molecule has 3 aromatic rings. The maximum Gasteiger partial charge on any atom is 0.246 e. The molecule has 3 heterocycles. The third kappa shape index (κ3) is 4.73. The molecule has 0 spiro atoms. The Morgan fingerprint density at radius 1 is 1.20 bits per heavy atom. The highest BCUT2D eigenvalue weighted by molar-refractivity contribution is 6.30. The molecule has 1 amide bonds. The number of tetrazole rings is 1. The summed E-state index contributed by atoms with van der Waals surface area (Å²) in [5.74, 6) is 1.37. The standard InChI is InChI=1S/C20H23ClN8O/c1-14-22-13-28(24-14)19-7-9-27(10-8-19)20(30)6-4-16-3-5-18(21)11-17(16)12-29-25-15(2)23-26-29/h3-6,11,13,19H,7-10,12H2,1-2H3. The number of aryl methyl sites for hydroxylation is 2. The van der Waals surface area contributed by atoms with Gasteiger partial charge in [-0.1, -0.05) is 17.7 Å². The van der Waals surface area contributed by atoms with Gasteiger partial charge in [-0.3, -0.25) is 4.79 Å². The molecule has 156 valence electrons. The van der Waals surface area contributed by atoms with Gasteiger partial charge in [0.05, 0.1) is 12.6 Å². The summed E-state index contributed by atoms with van der Waals surface area (Å²) in [5.41, 5.74) is 1.82. The van der Waals surface area contributed by atoms with Gasteiger partial charge in [0.1, 0.15) is 12.2 Å². The number of hydrogen-bond donors (Lipinski definition) is 0. The zero-order valence-electron chi connectivity index (χ0n) is 16.9. The van der Waals surface area contributed by atoms with E-state index in [1.54, 1.807) is 25.4 Å². The maximum absolute atomic E-state index is 12.7. The second-order valence-electron chi connectivity index (χ2n) is 7.37. The molecule has 1 aliphatic rings. The Morgan fingerprint density at radius 2 is 2.00 bits per heavy atom. The van der Waals surface area contributed by atoms with Crippen molar-refractivity contribution in [3.05, 3.63) is 58.4 Å². The summed E-state index contributed by atoms with van der Waals surface area (Å²) < 4.78 is 1.91. The van der Waals surface area contributed by atoms with Crippen LogP contribution in [0, 0.1) is 13.8 Å². The number of piperidine rings is 1. The molecule has 0 unspecified atom stereocenters. The van der Waals surface area contributed by atoms with E-state index in [0.717, 1.165) is 29.8 Å². The number of aromatic nitrogens is 7. The molecule has 1 saturated heterocycles. The number of rotatable bonds is 5. The Morgan fingerprint density at radius 3 is 2.67 bits per heavy atom. The Kier molecular flexibility index (Phi) is 5.89. The molecule has 1 aliphatic heterocycles. The first kappa shape index (κ1) is 20.2. The van der Waals surface area contributed by atoms with Crippen molar-refractivity contribution in [2.45, 2.75) is 39.3 Å². The van der Waals surface area contributed by atoms with Crippen molar-refractivity contribution in [1.29, 1.82) is 0 Å². The van der Waals surface area contributed by atoms with Gasteiger partial charge in [0.2, 0.25) is 5.91 Å². The van der Waals surface area contributed by atoms with Crippen LogP contribution in [0.15, 0.2) is 30.6 Å². The molecule has 0 radical (unpaired) electrons. The summed E-state index contributed by atoms with van der Waals surface area (Å²) in [6.07, 6.45) is 6.94. The van der Waals surface area contributed by atoms with Crippen LogP contribution in [-0.2, 0) is 11.3 Å². The number of likely N-dealkylation sites (tertiary alicyclic amines) is 1. The van der Waals surface area contributed by atoms with Crippen LogP contribution in [0.5, 0.6) is 0 Å². The monoisotopic (exact) mass is 426 g/mol. The maximum atomic E-state index is 12.7. The van der Waals surface area contributed by atoms with Crippen LogP contribution in [0.4, 0.5) is 0 Å². The summed E-state index contributed by atoms with van der Waals surface area (Å²) in [5, 5.41) is 17.1. The number of carbonyl (C=O) groups excluding carboxylic acids is 1. The third-order valence-electron chi connectivity index (χ3n) is 5.15. The van der Waals surface area contributed by atoms with Gasteiger partial charge < -0.3 is 4.90 Å². The molecule has 1 fully saturated rings. The molecule has 9 nitrogen and oxygen atoms in total. The number of nitrogens with zero attached hydrogens (tertiary/aromatic N) is 8. The fourth-order valence-electron chi connectivity index (χ4n) is 3.57. The van der Waals surface area contributed by atoms with Gasteiger partial charge in [-0.15, -0.1) is 10.2 Å². The highest BCUT2D eigenvalue weighted by atomic mass is 35.5. The average Bonchev–Trinajstić information content (AvgIpc) is 3.35. The lowest BCUT2D eigenvalue weighted by Crippen LogP contribution is -2.38. The molecule has 30 heavy (non-hydrogen) atoms. The van der Waals surface area contributed by atoms with Gasteiger partial charge in [0, 0.05) is 24.2 Å². The zero-order valence-corrected chi connectivity index (χ0v) is 17.7. The minimum Gasteiger partial charge on any atom is -0.339 e. The Bertz CT molecular complexity index is 1060. The summed E-state index contributed by atoms with van der Waals surface area (Å²) in [4.78, 5) is 20.3. The normalized spacial score (nSPS) is 15.2. The van der Waals surface area contributed by atoms with Crippen LogP contribution in [0.3, 0.4) is 0 Å². The molecule has 0 aliphatic carbocycles. The van der Waals surface area contributed by atoms with Crippen molar-refractivity contribution in [3.63, 3.8) is 0 Å². The number of carbonyl (C=O) groups is 1. The smallest absolute Gasteiger partial charge is 0.246 e. The number of amides is 1. The SMILES string of the molecule is Cc1ncn(C2CCN(C(=O)C=Cc3ccc(Cl)cc3Cn3nnc(C)n3)CC2)n1. The van der Waals surface area contributed by atoms with Crippen LogP contribution in [0.25, 0.3) is 6.08 Å². The van der Waals surface area contributed by atoms with Crippen LogP contribution < -0.4 is 0 Å². The summed E-state index contributed by atoms with van der Waals surface area (Å²) in [6, 6.07) is 5.85. The van der Waals surface area contributed by atoms with Crippen LogP contribution in [0.1, 0.15) is 41.7 Å². The van der Waals surface area contributed by atoms with E-state index in [0.29, 0.717) is 36.5 Å². The highest BCUT2D eigenvalue weighted by Gasteiger charge is 2.23. The van der Waals surface area contributed by atoms with Crippen molar-refractivity contribution >= 4 is 23.6 Å². The lowest BCUT2D eigenvalue weighted by molar-refractivity contribution is -0.127. The van der Waals surface area contributed by atoms with Gasteiger partial charge in [-0.05, 0) is 61.2 Å². The van der Waals surface area contributed by atoms with Crippen LogP contribution >= 0.6 is 11.6 Å². The van der Waals surface area contributed by atoms with Gasteiger partial charge >= 0.3 is 0 Å². The van der Waals surface area contributed by atoms with Crippen molar-refractivity contribution in [2.75, 3.05) is 13.1 Å². The lowest BCUT2D eigenvalue weighted by atomic mass is 10.0.